The van der Waals surface area contributed by atoms with Crippen LogP contribution in [0.5, 0.6) is 0 Å². The first-order valence-electron chi connectivity index (χ1n) is 9.50. The molecule has 2 aromatic rings. The first kappa shape index (κ1) is 20.5. The van der Waals surface area contributed by atoms with Gasteiger partial charge in [-0.15, -0.1) is 16.8 Å². The van der Waals surface area contributed by atoms with Crippen molar-refractivity contribution in [3.8, 4) is 5.69 Å². The molecule has 3 rings (SSSR count). The molecule has 28 heavy (non-hydrogen) atoms. The molecule has 1 aromatic carbocycles. The van der Waals surface area contributed by atoms with Crippen molar-refractivity contribution in [2.45, 2.75) is 43.4 Å². The Bertz CT molecular complexity index is 805. The minimum Gasteiger partial charge on any atom is -0.377 e. The number of nitrogens with zero attached hydrogens (tertiary/aromatic N) is 3. The molecular formula is C20H25FN4O2S. The Hall–Kier alpha value is -2.19. The zero-order valence-corrected chi connectivity index (χ0v) is 16.6. The van der Waals surface area contributed by atoms with Crippen LogP contribution in [-0.4, -0.2) is 45.7 Å². The summed E-state index contributed by atoms with van der Waals surface area (Å²) in [7, 11) is 0. The van der Waals surface area contributed by atoms with Crippen molar-refractivity contribution < 1.29 is 13.9 Å². The molecule has 2 heterocycles. The number of ether oxygens (including phenoxy) is 1. The van der Waals surface area contributed by atoms with Crippen molar-refractivity contribution in [1.29, 1.82) is 0 Å². The Morgan fingerprint density at radius 2 is 2.29 bits per heavy atom. The van der Waals surface area contributed by atoms with E-state index >= 15 is 0 Å². The standard InChI is InChI=1S/C20H25FN4O2S/c1-2-3-10-19(26)22-12-11-18-23-24-20(28-14-15-7-6-13-27-15)25(18)17-9-5-4-8-16(17)21/h2,4-5,8-9,15H,1,3,6-7,10-14H2,(H,22,26). The Morgan fingerprint density at radius 3 is 3.04 bits per heavy atom. The number of thioether (sulfide) groups is 1. The van der Waals surface area contributed by atoms with Gasteiger partial charge in [-0.3, -0.25) is 9.36 Å². The summed E-state index contributed by atoms with van der Waals surface area (Å²) in [6.07, 6.45) is 5.52. The van der Waals surface area contributed by atoms with Gasteiger partial charge in [0, 0.05) is 31.7 Å². The molecule has 0 saturated carbocycles. The fourth-order valence-electron chi connectivity index (χ4n) is 3.01. The lowest BCUT2D eigenvalue weighted by atomic mass is 10.2. The van der Waals surface area contributed by atoms with E-state index in [1.54, 1.807) is 28.8 Å². The summed E-state index contributed by atoms with van der Waals surface area (Å²) in [6.45, 7) is 4.82. The van der Waals surface area contributed by atoms with Crippen molar-refractivity contribution in [3.63, 3.8) is 0 Å². The molecule has 1 aromatic heterocycles. The molecule has 8 heteroatoms. The monoisotopic (exact) mass is 404 g/mol. The van der Waals surface area contributed by atoms with Gasteiger partial charge < -0.3 is 10.1 Å². The van der Waals surface area contributed by atoms with Crippen LogP contribution in [0.1, 0.15) is 31.5 Å². The topological polar surface area (TPSA) is 69.0 Å². The maximum Gasteiger partial charge on any atom is 0.220 e. The van der Waals surface area contributed by atoms with Gasteiger partial charge >= 0.3 is 0 Å². The van der Waals surface area contributed by atoms with Crippen LogP contribution < -0.4 is 5.32 Å². The van der Waals surface area contributed by atoms with Gasteiger partial charge in [-0.1, -0.05) is 30.0 Å². The van der Waals surface area contributed by atoms with E-state index in [1.165, 1.54) is 17.8 Å². The fourth-order valence-corrected chi connectivity index (χ4v) is 4.04. The van der Waals surface area contributed by atoms with E-state index in [0.717, 1.165) is 25.2 Å². The second-order valence-corrected chi connectivity index (χ2v) is 7.55. The zero-order valence-electron chi connectivity index (χ0n) is 15.8. The van der Waals surface area contributed by atoms with Crippen LogP contribution in [0, 0.1) is 5.82 Å². The van der Waals surface area contributed by atoms with E-state index in [-0.39, 0.29) is 17.8 Å². The van der Waals surface area contributed by atoms with Gasteiger partial charge in [0.2, 0.25) is 5.91 Å². The SMILES string of the molecule is C=CCCC(=O)NCCc1nnc(SCC2CCCO2)n1-c1ccccc1F. The van der Waals surface area contributed by atoms with Crippen LogP contribution in [0.15, 0.2) is 42.1 Å². The molecule has 1 fully saturated rings. The lowest BCUT2D eigenvalue weighted by Gasteiger charge is -2.13. The average Bonchev–Trinajstić information content (AvgIpc) is 3.35. The molecule has 0 radical (unpaired) electrons. The van der Waals surface area contributed by atoms with Gasteiger partial charge in [0.15, 0.2) is 5.16 Å². The molecule has 0 spiro atoms. The molecular weight excluding hydrogens is 379 g/mol. The summed E-state index contributed by atoms with van der Waals surface area (Å²) in [4.78, 5) is 11.8. The molecule has 150 valence electrons. The first-order chi connectivity index (χ1) is 13.7. The van der Waals surface area contributed by atoms with Crippen LogP contribution >= 0.6 is 11.8 Å². The number of rotatable bonds is 10. The number of benzene rings is 1. The molecule has 1 amide bonds. The van der Waals surface area contributed by atoms with Crippen LogP contribution in [0.3, 0.4) is 0 Å². The summed E-state index contributed by atoms with van der Waals surface area (Å²) in [5.74, 6) is 0.997. The third kappa shape index (κ3) is 5.42. The molecule has 0 aliphatic carbocycles. The number of halogens is 1. The number of allylic oxidation sites excluding steroid dienone is 1. The molecule has 0 bridgehead atoms. The van der Waals surface area contributed by atoms with Crippen molar-refractivity contribution >= 4 is 17.7 Å². The molecule has 6 nitrogen and oxygen atoms in total. The maximum absolute atomic E-state index is 14.5. The predicted octanol–water partition coefficient (Wildman–Crippen LogP) is 3.30. The van der Waals surface area contributed by atoms with Crippen LogP contribution in [0.2, 0.25) is 0 Å². The Kier molecular flexibility index (Phi) is 7.62. The van der Waals surface area contributed by atoms with Crippen LogP contribution in [0.4, 0.5) is 4.39 Å². The van der Waals surface area contributed by atoms with Crippen molar-refractivity contribution in [3.05, 3.63) is 48.6 Å². The number of nitrogens with one attached hydrogen (secondary N) is 1. The fraction of sp³-hybridized carbons (Fsp3) is 0.450. The largest absolute Gasteiger partial charge is 0.377 e. The Morgan fingerprint density at radius 1 is 1.43 bits per heavy atom. The molecule has 1 saturated heterocycles. The Balaban J connectivity index is 1.72. The average molecular weight is 405 g/mol. The van der Waals surface area contributed by atoms with E-state index in [9.17, 15) is 9.18 Å². The van der Waals surface area contributed by atoms with Crippen molar-refractivity contribution in [1.82, 2.24) is 20.1 Å². The van der Waals surface area contributed by atoms with Gasteiger partial charge in [0.25, 0.3) is 0 Å². The van der Waals surface area contributed by atoms with Gasteiger partial charge in [-0.05, 0) is 31.4 Å². The third-order valence-corrected chi connectivity index (χ3v) is 5.52. The van der Waals surface area contributed by atoms with E-state index in [2.05, 4.69) is 22.1 Å². The highest BCUT2D eigenvalue weighted by Crippen LogP contribution is 2.27. The number of aromatic nitrogens is 3. The summed E-state index contributed by atoms with van der Waals surface area (Å²) in [5.41, 5.74) is 0.412. The van der Waals surface area contributed by atoms with E-state index < -0.39 is 0 Å². The maximum atomic E-state index is 14.5. The minimum atomic E-state index is -0.336. The minimum absolute atomic E-state index is 0.0372. The Labute approximate surface area is 168 Å². The quantitative estimate of drug-likeness (QED) is 0.486. The highest BCUT2D eigenvalue weighted by Gasteiger charge is 2.21. The summed E-state index contributed by atoms with van der Waals surface area (Å²) >= 11 is 1.52. The molecule has 1 aliphatic rings. The number of para-hydroxylation sites is 1. The second kappa shape index (κ2) is 10.4. The number of amides is 1. The lowest BCUT2D eigenvalue weighted by molar-refractivity contribution is -0.120. The summed E-state index contributed by atoms with van der Waals surface area (Å²) < 4.78 is 21.9. The molecule has 1 atom stereocenters. The smallest absolute Gasteiger partial charge is 0.220 e. The lowest BCUT2D eigenvalue weighted by Crippen LogP contribution is -2.26. The van der Waals surface area contributed by atoms with Gasteiger partial charge in [-0.2, -0.15) is 0 Å². The number of carbonyl (C=O) groups is 1. The van der Waals surface area contributed by atoms with Crippen molar-refractivity contribution in [2.24, 2.45) is 0 Å². The molecule has 1 aliphatic heterocycles. The molecule has 1 unspecified atom stereocenters. The number of carbonyl (C=O) groups excluding carboxylic acids is 1. The third-order valence-electron chi connectivity index (χ3n) is 4.46. The zero-order chi connectivity index (χ0) is 19.8. The van der Waals surface area contributed by atoms with E-state index in [4.69, 9.17) is 4.74 Å². The highest BCUT2D eigenvalue weighted by atomic mass is 32.2. The van der Waals surface area contributed by atoms with Crippen molar-refractivity contribution in [2.75, 3.05) is 18.9 Å². The normalized spacial score (nSPS) is 16.2. The van der Waals surface area contributed by atoms with Gasteiger partial charge in [0.05, 0.1) is 11.8 Å². The van der Waals surface area contributed by atoms with Crippen LogP contribution in [-0.2, 0) is 16.0 Å². The van der Waals surface area contributed by atoms with Crippen LogP contribution in [0.25, 0.3) is 5.69 Å². The first-order valence-corrected chi connectivity index (χ1v) is 10.5. The molecule has 1 N–H and O–H groups in total. The number of hydrogen-bond acceptors (Lipinski definition) is 5. The second-order valence-electron chi connectivity index (χ2n) is 6.56. The highest BCUT2D eigenvalue weighted by molar-refractivity contribution is 7.99. The number of hydrogen-bond donors (Lipinski definition) is 1. The van der Waals surface area contributed by atoms with Gasteiger partial charge in [-0.25, -0.2) is 4.39 Å². The summed E-state index contributed by atoms with van der Waals surface area (Å²) in [6, 6.07) is 6.57. The summed E-state index contributed by atoms with van der Waals surface area (Å²) in [5, 5.41) is 12.0. The van der Waals surface area contributed by atoms with E-state index in [1.807, 2.05) is 0 Å². The van der Waals surface area contributed by atoms with Gasteiger partial charge in [0.1, 0.15) is 11.6 Å². The van der Waals surface area contributed by atoms with E-state index in [0.29, 0.717) is 42.5 Å². The predicted molar refractivity (Wildman–Crippen MR) is 107 cm³/mol.